The quantitative estimate of drug-likeness (QED) is 0.627. The molecule has 4 heteroatoms. The van der Waals surface area contributed by atoms with Crippen molar-refractivity contribution in [3.05, 3.63) is 11.9 Å². The molecule has 0 aromatic rings. The summed E-state index contributed by atoms with van der Waals surface area (Å²) in [4.78, 5) is 11.8. The molecule has 0 radical (unpaired) electrons. The minimum atomic E-state index is -0.400. The van der Waals surface area contributed by atoms with Gasteiger partial charge in [0.05, 0.1) is 0 Å². The molecular weight excluding hydrogens is 192 g/mol. The number of rotatable bonds is 1. The van der Waals surface area contributed by atoms with Crippen LogP contribution in [-0.2, 0) is 9.53 Å². The topological polar surface area (TPSA) is 50.4 Å². The maximum atomic E-state index is 11.8. The van der Waals surface area contributed by atoms with Crippen LogP contribution in [0.25, 0.3) is 0 Å². The highest BCUT2D eigenvalue weighted by Gasteiger charge is 2.37. The Labute approximate surface area is 90.1 Å². The SMILES string of the molecule is CC(C)(C)OC(=O)[C@H]1C[C@@H]2CNC=C2N1. The molecule has 0 bridgehead atoms. The van der Waals surface area contributed by atoms with Crippen LogP contribution in [0.2, 0.25) is 0 Å². The second-order valence-corrected chi connectivity index (χ2v) is 5.17. The Morgan fingerprint density at radius 3 is 2.87 bits per heavy atom. The Hall–Kier alpha value is -1.19. The Bertz CT molecular complexity index is 304. The first-order valence-corrected chi connectivity index (χ1v) is 5.38. The van der Waals surface area contributed by atoms with Crippen molar-refractivity contribution in [2.24, 2.45) is 5.92 Å². The third kappa shape index (κ3) is 2.25. The van der Waals surface area contributed by atoms with Crippen LogP contribution < -0.4 is 10.6 Å². The van der Waals surface area contributed by atoms with E-state index in [-0.39, 0.29) is 12.0 Å². The minimum Gasteiger partial charge on any atom is -0.458 e. The summed E-state index contributed by atoms with van der Waals surface area (Å²) in [7, 11) is 0. The van der Waals surface area contributed by atoms with E-state index in [2.05, 4.69) is 10.6 Å². The summed E-state index contributed by atoms with van der Waals surface area (Å²) in [5.41, 5.74) is 0.745. The number of hydrogen-bond donors (Lipinski definition) is 2. The molecule has 0 amide bonds. The smallest absolute Gasteiger partial charge is 0.329 e. The zero-order chi connectivity index (χ0) is 11.1. The number of nitrogens with one attached hydrogen (secondary N) is 2. The highest BCUT2D eigenvalue weighted by molar-refractivity contribution is 5.77. The van der Waals surface area contributed by atoms with Gasteiger partial charge in [0.2, 0.25) is 0 Å². The van der Waals surface area contributed by atoms with Gasteiger partial charge in [0.15, 0.2) is 0 Å². The molecule has 2 N–H and O–H groups in total. The van der Waals surface area contributed by atoms with Crippen LogP contribution in [0.4, 0.5) is 0 Å². The van der Waals surface area contributed by atoms with Gasteiger partial charge in [-0.25, -0.2) is 4.79 Å². The van der Waals surface area contributed by atoms with E-state index in [0.29, 0.717) is 5.92 Å². The molecule has 0 unspecified atom stereocenters. The van der Waals surface area contributed by atoms with E-state index in [1.165, 1.54) is 0 Å². The molecule has 0 spiro atoms. The van der Waals surface area contributed by atoms with E-state index < -0.39 is 5.60 Å². The lowest BCUT2D eigenvalue weighted by Gasteiger charge is -2.22. The van der Waals surface area contributed by atoms with Crippen molar-refractivity contribution in [2.45, 2.75) is 38.8 Å². The summed E-state index contributed by atoms with van der Waals surface area (Å²) < 4.78 is 5.34. The first kappa shape index (κ1) is 10.3. The molecule has 2 atom stereocenters. The van der Waals surface area contributed by atoms with Crippen molar-refractivity contribution in [1.29, 1.82) is 0 Å². The van der Waals surface area contributed by atoms with Crippen molar-refractivity contribution < 1.29 is 9.53 Å². The summed E-state index contributed by atoms with van der Waals surface area (Å²) in [6.45, 7) is 6.60. The average Bonchev–Trinajstić information content (AvgIpc) is 2.56. The maximum absolute atomic E-state index is 11.8. The monoisotopic (exact) mass is 210 g/mol. The lowest BCUT2D eigenvalue weighted by atomic mass is 10.1. The zero-order valence-corrected chi connectivity index (χ0v) is 9.46. The van der Waals surface area contributed by atoms with E-state index >= 15 is 0 Å². The number of hydrogen-bond acceptors (Lipinski definition) is 4. The number of carbonyl (C=O) groups is 1. The third-order valence-corrected chi connectivity index (χ3v) is 2.61. The van der Waals surface area contributed by atoms with Gasteiger partial charge in [0.1, 0.15) is 11.6 Å². The fraction of sp³-hybridized carbons (Fsp3) is 0.727. The van der Waals surface area contributed by atoms with Crippen molar-refractivity contribution in [3.8, 4) is 0 Å². The van der Waals surface area contributed by atoms with Crippen LogP contribution in [0.1, 0.15) is 27.2 Å². The normalized spacial score (nSPS) is 28.9. The molecule has 4 nitrogen and oxygen atoms in total. The molecule has 15 heavy (non-hydrogen) atoms. The number of ether oxygens (including phenoxy) is 1. The molecule has 2 aliphatic heterocycles. The molecule has 1 fully saturated rings. The third-order valence-electron chi connectivity index (χ3n) is 2.61. The van der Waals surface area contributed by atoms with Crippen LogP contribution >= 0.6 is 0 Å². The maximum Gasteiger partial charge on any atom is 0.329 e. The predicted molar refractivity (Wildman–Crippen MR) is 57.0 cm³/mol. The average molecular weight is 210 g/mol. The Morgan fingerprint density at radius 1 is 1.53 bits per heavy atom. The minimum absolute atomic E-state index is 0.141. The molecule has 2 aliphatic rings. The first-order valence-electron chi connectivity index (χ1n) is 5.38. The summed E-state index contributed by atoms with van der Waals surface area (Å²) in [6.07, 6.45) is 2.79. The Balaban J connectivity index is 1.94. The van der Waals surface area contributed by atoms with Gasteiger partial charge in [0, 0.05) is 24.4 Å². The number of fused-ring (bicyclic) bond motifs is 1. The predicted octanol–water partition coefficient (Wildman–Crippen LogP) is 0.751. The van der Waals surface area contributed by atoms with Crippen LogP contribution in [0.15, 0.2) is 11.9 Å². The Kier molecular flexibility index (Phi) is 2.37. The molecule has 0 aromatic heterocycles. The van der Waals surface area contributed by atoms with Gasteiger partial charge in [0.25, 0.3) is 0 Å². The van der Waals surface area contributed by atoms with E-state index in [0.717, 1.165) is 18.7 Å². The number of esters is 1. The summed E-state index contributed by atoms with van der Waals surface area (Å²) in [5, 5.41) is 6.35. The highest BCUT2D eigenvalue weighted by atomic mass is 16.6. The van der Waals surface area contributed by atoms with Gasteiger partial charge in [-0.3, -0.25) is 0 Å². The molecular formula is C11H18N2O2. The summed E-state index contributed by atoms with van der Waals surface area (Å²) >= 11 is 0. The second-order valence-electron chi connectivity index (χ2n) is 5.17. The Morgan fingerprint density at radius 2 is 2.27 bits per heavy atom. The van der Waals surface area contributed by atoms with Gasteiger partial charge in [-0.1, -0.05) is 0 Å². The lowest BCUT2D eigenvalue weighted by molar-refractivity contribution is -0.157. The van der Waals surface area contributed by atoms with Crippen LogP contribution in [0.3, 0.4) is 0 Å². The largest absolute Gasteiger partial charge is 0.458 e. The first-order chi connectivity index (χ1) is 6.96. The van der Waals surface area contributed by atoms with E-state index in [9.17, 15) is 4.79 Å². The summed E-state index contributed by atoms with van der Waals surface area (Å²) in [6, 6.07) is -0.164. The van der Waals surface area contributed by atoms with Crippen molar-refractivity contribution in [2.75, 3.05) is 6.54 Å². The fourth-order valence-electron chi connectivity index (χ4n) is 1.98. The number of carbonyl (C=O) groups excluding carboxylic acids is 1. The van der Waals surface area contributed by atoms with Crippen molar-refractivity contribution in [3.63, 3.8) is 0 Å². The van der Waals surface area contributed by atoms with Gasteiger partial charge in [-0.15, -0.1) is 0 Å². The van der Waals surface area contributed by atoms with E-state index in [1.54, 1.807) is 0 Å². The zero-order valence-electron chi connectivity index (χ0n) is 9.46. The van der Waals surface area contributed by atoms with Crippen LogP contribution in [0.5, 0.6) is 0 Å². The molecule has 84 valence electrons. The van der Waals surface area contributed by atoms with Crippen molar-refractivity contribution in [1.82, 2.24) is 10.6 Å². The van der Waals surface area contributed by atoms with Gasteiger partial charge >= 0.3 is 5.97 Å². The standard InChI is InChI=1S/C11H18N2O2/c1-11(2,3)15-10(14)8-4-7-5-12-6-9(7)13-8/h6-8,12-13H,4-5H2,1-3H3/t7-,8-/m1/s1. The van der Waals surface area contributed by atoms with E-state index in [1.807, 2.05) is 27.0 Å². The highest BCUT2D eigenvalue weighted by Crippen LogP contribution is 2.27. The molecule has 0 aliphatic carbocycles. The molecule has 0 saturated carbocycles. The molecule has 0 aromatic carbocycles. The van der Waals surface area contributed by atoms with Crippen molar-refractivity contribution >= 4 is 5.97 Å². The van der Waals surface area contributed by atoms with Crippen LogP contribution in [-0.4, -0.2) is 24.2 Å². The van der Waals surface area contributed by atoms with E-state index in [4.69, 9.17) is 4.74 Å². The summed E-state index contributed by atoms with van der Waals surface area (Å²) in [5.74, 6) is 0.320. The molecule has 1 saturated heterocycles. The molecule has 2 rings (SSSR count). The van der Waals surface area contributed by atoms with Gasteiger partial charge in [-0.05, 0) is 27.2 Å². The van der Waals surface area contributed by atoms with Gasteiger partial charge in [-0.2, -0.15) is 0 Å². The van der Waals surface area contributed by atoms with Crippen LogP contribution in [0, 0.1) is 5.92 Å². The second kappa shape index (κ2) is 3.43. The fourth-order valence-corrected chi connectivity index (χ4v) is 1.98. The lowest BCUT2D eigenvalue weighted by Crippen LogP contribution is -2.37. The molecule has 2 heterocycles. The van der Waals surface area contributed by atoms with Gasteiger partial charge < -0.3 is 15.4 Å².